The van der Waals surface area contributed by atoms with Crippen LogP contribution in [0.15, 0.2) is 81.6 Å². The van der Waals surface area contributed by atoms with Gasteiger partial charge >= 0.3 is 12.4 Å². The van der Waals surface area contributed by atoms with Crippen molar-refractivity contribution in [3.63, 3.8) is 0 Å². The van der Waals surface area contributed by atoms with Gasteiger partial charge in [0.15, 0.2) is 0 Å². The van der Waals surface area contributed by atoms with E-state index in [2.05, 4.69) is 35.5 Å². The molecule has 4 aromatic heterocycles. The van der Waals surface area contributed by atoms with Crippen molar-refractivity contribution in [2.45, 2.75) is 63.5 Å². The lowest BCUT2D eigenvalue weighted by Gasteiger charge is -2.32. The van der Waals surface area contributed by atoms with E-state index in [1.807, 2.05) is 24.3 Å². The van der Waals surface area contributed by atoms with Crippen molar-refractivity contribution in [2.75, 3.05) is 46.6 Å². The molecule has 8 rings (SSSR count). The molecule has 0 bridgehead atoms. The largest absolute Gasteiger partial charge is 0.455 e. The van der Waals surface area contributed by atoms with Crippen molar-refractivity contribution in [3.8, 4) is 0 Å². The highest BCUT2D eigenvalue weighted by Gasteiger charge is 2.36. The fraction of sp³-hybridized carbons (Fsp3) is 0.368. The van der Waals surface area contributed by atoms with E-state index in [4.69, 9.17) is 8.83 Å². The van der Waals surface area contributed by atoms with Crippen LogP contribution in [0, 0.1) is 0 Å². The Kier molecular flexibility index (Phi) is 10.9. The smallest absolute Gasteiger partial charge is 0.449 e. The Morgan fingerprint density at radius 3 is 1.41 bits per heavy atom. The monoisotopic (exact) mass is 788 g/mol. The van der Waals surface area contributed by atoms with Gasteiger partial charge in [-0.05, 0) is 67.8 Å². The Bertz CT molecular complexity index is 2260. The van der Waals surface area contributed by atoms with Crippen LogP contribution >= 0.6 is 0 Å². The molecule has 18 heteroatoms. The average molecular weight is 789 g/mol. The number of hydrogen-bond donors (Lipinski definition) is 2. The van der Waals surface area contributed by atoms with Gasteiger partial charge in [-0.3, -0.25) is 0 Å². The van der Waals surface area contributed by atoms with Crippen LogP contribution in [0.4, 0.5) is 58.7 Å². The first-order chi connectivity index (χ1) is 26.7. The van der Waals surface area contributed by atoms with Crippen LogP contribution in [-0.2, 0) is 25.4 Å². The maximum Gasteiger partial charge on any atom is 0.449 e. The molecule has 6 aromatic rings. The number of hydrogen-bond acceptors (Lipinski definition) is 10. The van der Waals surface area contributed by atoms with Crippen molar-refractivity contribution < 1.29 is 44.0 Å². The number of benzene rings is 2. The zero-order valence-corrected chi connectivity index (χ0v) is 29.7. The maximum absolute atomic E-state index is 13.4. The SMILES string of the molecule is FC(F)(F)c1ccc(CNc2nc(N3CCCCC3)nc3ccccc23)o1.FC1(F)CCN(c2nc(NCc3ccc(C(F)(F)F)o3)c3ccccc3n2)CC1. The molecule has 56 heavy (non-hydrogen) atoms. The fourth-order valence-corrected chi connectivity index (χ4v) is 6.40. The molecule has 2 fully saturated rings. The van der Waals surface area contributed by atoms with Crippen molar-refractivity contribution in [2.24, 2.45) is 0 Å². The Balaban J connectivity index is 0.000000172. The molecule has 2 aliphatic rings. The second-order valence-corrected chi connectivity index (χ2v) is 13.4. The third kappa shape index (κ3) is 9.22. The Morgan fingerprint density at radius 1 is 0.554 bits per heavy atom. The number of rotatable bonds is 8. The van der Waals surface area contributed by atoms with E-state index in [0.717, 1.165) is 49.0 Å². The molecule has 2 aliphatic heterocycles. The minimum atomic E-state index is -4.55. The molecule has 6 heterocycles. The molecule has 296 valence electrons. The maximum atomic E-state index is 13.4. The summed E-state index contributed by atoms with van der Waals surface area (Å²) in [6.45, 7) is 2.15. The van der Waals surface area contributed by atoms with Gasteiger partial charge in [-0.15, -0.1) is 0 Å². The molecular weight excluding hydrogens is 752 g/mol. The van der Waals surface area contributed by atoms with E-state index in [-0.39, 0.29) is 50.5 Å². The van der Waals surface area contributed by atoms with Gasteiger partial charge in [0.1, 0.15) is 23.2 Å². The Labute approximate surface area is 314 Å². The van der Waals surface area contributed by atoms with Crippen molar-refractivity contribution in [3.05, 3.63) is 95.8 Å². The first-order valence-corrected chi connectivity index (χ1v) is 17.9. The van der Waals surface area contributed by atoms with Gasteiger partial charge in [0.2, 0.25) is 23.4 Å². The molecule has 0 aliphatic carbocycles. The van der Waals surface area contributed by atoms with Crippen molar-refractivity contribution in [1.29, 1.82) is 0 Å². The van der Waals surface area contributed by atoms with Crippen LogP contribution in [0.5, 0.6) is 0 Å². The molecule has 0 radical (unpaired) electrons. The summed E-state index contributed by atoms with van der Waals surface area (Å²) in [6.07, 6.45) is -6.19. The molecule has 2 N–H and O–H groups in total. The average Bonchev–Trinajstić information content (AvgIpc) is 3.88. The molecule has 2 aromatic carbocycles. The number of anilines is 4. The first kappa shape index (κ1) is 38.6. The number of nitrogens with zero attached hydrogens (tertiary/aromatic N) is 6. The van der Waals surface area contributed by atoms with Crippen LogP contribution < -0.4 is 20.4 Å². The lowest BCUT2D eigenvalue weighted by atomic mass is 10.1. The summed E-state index contributed by atoms with van der Waals surface area (Å²) in [5, 5.41) is 7.57. The second-order valence-electron chi connectivity index (χ2n) is 13.4. The number of fused-ring (bicyclic) bond motifs is 2. The Morgan fingerprint density at radius 2 is 0.982 bits per heavy atom. The molecule has 0 unspecified atom stereocenters. The van der Waals surface area contributed by atoms with E-state index in [1.165, 1.54) is 18.6 Å². The van der Waals surface area contributed by atoms with E-state index >= 15 is 0 Å². The zero-order valence-electron chi connectivity index (χ0n) is 29.7. The number of furan rings is 2. The lowest BCUT2D eigenvalue weighted by Crippen LogP contribution is -2.40. The molecule has 0 saturated carbocycles. The highest BCUT2D eigenvalue weighted by molar-refractivity contribution is 5.91. The number of piperidine rings is 2. The summed E-state index contributed by atoms with van der Waals surface area (Å²) in [5.41, 5.74) is 1.40. The predicted octanol–water partition coefficient (Wildman–Crippen LogP) is 9.93. The van der Waals surface area contributed by atoms with Crippen molar-refractivity contribution in [1.82, 2.24) is 19.9 Å². The van der Waals surface area contributed by atoms with Gasteiger partial charge in [-0.25, -0.2) is 18.7 Å². The minimum Gasteiger partial charge on any atom is -0.455 e. The normalized spacial score (nSPS) is 16.1. The Hall–Kier alpha value is -5.68. The molecule has 0 spiro atoms. The van der Waals surface area contributed by atoms with Crippen LogP contribution in [0.3, 0.4) is 0 Å². The van der Waals surface area contributed by atoms with Gasteiger partial charge in [-0.2, -0.15) is 36.3 Å². The van der Waals surface area contributed by atoms with Gasteiger partial charge in [0.05, 0.1) is 24.1 Å². The number of halogens is 8. The van der Waals surface area contributed by atoms with Gasteiger partial charge < -0.3 is 29.3 Å². The highest BCUT2D eigenvalue weighted by atomic mass is 19.4. The molecule has 10 nitrogen and oxygen atoms in total. The number of alkyl halides is 8. The number of para-hydroxylation sites is 2. The first-order valence-electron chi connectivity index (χ1n) is 17.9. The third-order valence-corrected chi connectivity index (χ3v) is 9.34. The summed E-state index contributed by atoms with van der Waals surface area (Å²) >= 11 is 0. The molecule has 0 atom stereocenters. The summed E-state index contributed by atoms with van der Waals surface area (Å²) in [5.74, 6) is -2.53. The summed E-state index contributed by atoms with van der Waals surface area (Å²) < 4.78 is 113. The highest BCUT2D eigenvalue weighted by Crippen LogP contribution is 2.34. The fourth-order valence-electron chi connectivity index (χ4n) is 6.40. The van der Waals surface area contributed by atoms with Crippen LogP contribution in [0.25, 0.3) is 21.8 Å². The summed E-state index contributed by atoms with van der Waals surface area (Å²) in [7, 11) is 0. The van der Waals surface area contributed by atoms with Crippen LogP contribution in [0.2, 0.25) is 0 Å². The summed E-state index contributed by atoms with van der Waals surface area (Å²) in [4.78, 5) is 22.0. The van der Waals surface area contributed by atoms with Crippen LogP contribution in [-0.4, -0.2) is 52.0 Å². The van der Waals surface area contributed by atoms with Gasteiger partial charge in [0, 0.05) is 49.8 Å². The molecule has 2 saturated heterocycles. The van der Waals surface area contributed by atoms with Gasteiger partial charge in [-0.1, -0.05) is 24.3 Å². The third-order valence-electron chi connectivity index (χ3n) is 9.34. The quantitative estimate of drug-likeness (QED) is 0.145. The minimum absolute atomic E-state index is 0.0192. The summed E-state index contributed by atoms with van der Waals surface area (Å²) in [6, 6.07) is 19.1. The predicted molar refractivity (Wildman–Crippen MR) is 194 cm³/mol. The van der Waals surface area contributed by atoms with E-state index in [0.29, 0.717) is 34.4 Å². The van der Waals surface area contributed by atoms with E-state index < -0.39 is 29.8 Å². The zero-order chi connectivity index (χ0) is 39.5. The lowest BCUT2D eigenvalue weighted by molar-refractivity contribution is -0.154. The van der Waals surface area contributed by atoms with Crippen LogP contribution in [0.1, 0.15) is 55.1 Å². The topological polar surface area (TPSA) is 108 Å². The van der Waals surface area contributed by atoms with E-state index in [9.17, 15) is 35.1 Å². The number of aromatic nitrogens is 4. The second kappa shape index (κ2) is 15.8. The molecule has 0 amide bonds. The molecular formula is C38H36F8N8O2. The standard InChI is InChI=1S/C19H17F5N4O.C19H19F3N4O/c20-18(21)7-9-28(10-8-18)17-26-14-4-2-1-3-13(14)16(27-17)25-11-12-5-6-15(29-12)19(22,23)24;20-19(21,22)16-9-8-13(27-16)12-23-17-14-6-2-3-7-15(14)24-18(25-17)26-10-4-1-5-11-26/h1-6H,7-11H2,(H,25,26,27);2-3,6-9H,1,4-5,10-12H2,(H,23,24,25). The number of nitrogens with one attached hydrogen (secondary N) is 2. The van der Waals surface area contributed by atoms with Gasteiger partial charge in [0.25, 0.3) is 5.92 Å². The van der Waals surface area contributed by atoms with Crippen molar-refractivity contribution >= 4 is 45.3 Å². The van der Waals surface area contributed by atoms with E-state index in [1.54, 1.807) is 29.2 Å².